The van der Waals surface area contributed by atoms with Crippen LogP contribution in [-0.4, -0.2) is 71.3 Å². The van der Waals surface area contributed by atoms with E-state index in [0.717, 1.165) is 19.3 Å². The summed E-state index contributed by atoms with van der Waals surface area (Å²) in [6.07, 6.45) is 3.33. The Kier molecular flexibility index (Phi) is 10.3. The number of Topliss-reactive ketones (excluding diaryl/α,β-unsaturated/α-hetero) is 2. The fourth-order valence-electron chi connectivity index (χ4n) is 7.11. The molecule has 1 aromatic carbocycles. The van der Waals surface area contributed by atoms with Crippen LogP contribution in [0.4, 0.5) is 4.39 Å². The molecule has 0 saturated heterocycles. The van der Waals surface area contributed by atoms with E-state index in [4.69, 9.17) is 14.0 Å². The van der Waals surface area contributed by atoms with Gasteiger partial charge in [-0.15, -0.1) is 0 Å². The van der Waals surface area contributed by atoms with Crippen molar-refractivity contribution < 1.29 is 38.2 Å². The van der Waals surface area contributed by atoms with Gasteiger partial charge < -0.3 is 29.5 Å². The van der Waals surface area contributed by atoms with Gasteiger partial charge in [0, 0.05) is 35.7 Å². The smallest absolute Gasteiger partial charge is 0.265 e. The van der Waals surface area contributed by atoms with Crippen LogP contribution in [0.5, 0.6) is 11.6 Å². The maximum atomic E-state index is 16.5. The van der Waals surface area contributed by atoms with Gasteiger partial charge in [0.15, 0.2) is 11.4 Å². The van der Waals surface area contributed by atoms with Gasteiger partial charge in [-0.25, -0.2) is 4.39 Å². The summed E-state index contributed by atoms with van der Waals surface area (Å²) in [7, 11) is 3.53. The van der Waals surface area contributed by atoms with Gasteiger partial charge in [-0.2, -0.15) is 0 Å². The molecule has 0 radical (unpaired) electrons. The molecule has 0 spiro atoms. The van der Waals surface area contributed by atoms with E-state index in [2.05, 4.69) is 47.2 Å². The fraction of sp³-hybridized carbons (Fsp3) is 0.629. The van der Waals surface area contributed by atoms with E-state index in [9.17, 15) is 19.8 Å². The van der Waals surface area contributed by atoms with E-state index in [-0.39, 0.29) is 71.1 Å². The van der Waals surface area contributed by atoms with Crippen molar-refractivity contribution in [2.75, 3.05) is 33.9 Å². The number of fused-ring (bicyclic) bond motifs is 4. The molecule has 0 aliphatic heterocycles. The summed E-state index contributed by atoms with van der Waals surface area (Å²) in [5.74, 6) is -3.97. The Morgan fingerprint density at radius 2 is 1.77 bits per heavy atom. The van der Waals surface area contributed by atoms with Crippen molar-refractivity contribution in [1.82, 2.24) is 15.4 Å². The molecule has 12 heteroatoms. The van der Waals surface area contributed by atoms with E-state index in [1.807, 2.05) is 13.8 Å². The van der Waals surface area contributed by atoms with Crippen molar-refractivity contribution in [3.8, 4) is 11.6 Å². The van der Waals surface area contributed by atoms with E-state index in [1.165, 1.54) is 0 Å². The predicted octanol–water partition coefficient (Wildman–Crippen LogP) is 6.33. The SMILES string of the molecule is CCCCOc1noc2c1C(=O)[C@@]1(O)C(=O)C3=C(O)c4c(c(F)c(CNCC(C)(C)C)c(Br)c4OCCCC)C[C@H]3C[C@H]1[C@@H]2N(C)C. The van der Waals surface area contributed by atoms with Crippen molar-refractivity contribution in [1.29, 1.82) is 0 Å². The number of nitrogens with one attached hydrogen (secondary N) is 1. The van der Waals surface area contributed by atoms with Crippen LogP contribution in [-0.2, 0) is 17.8 Å². The third kappa shape index (κ3) is 6.15. The second-order valence-corrected chi connectivity index (χ2v) is 15.2. The average Bonchev–Trinajstić information content (AvgIpc) is 3.41. The molecule has 3 aliphatic rings. The molecule has 3 aliphatic carbocycles. The van der Waals surface area contributed by atoms with Gasteiger partial charge in [-0.3, -0.25) is 14.5 Å². The van der Waals surface area contributed by atoms with Crippen molar-refractivity contribution in [2.24, 2.45) is 17.3 Å². The number of halogens is 2. The number of carbonyl (C=O) groups is 2. The first-order valence-corrected chi connectivity index (χ1v) is 17.4. The van der Waals surface area contributed by atoms with Crippen LogP contribution in [0.25, 0.3) is 5.76 Å². The Labute approximate surface area is 284 Å². The minimum Gasteiger partial charge on any atom is -0.507 e. The van der Waals surface area contributed by atoms with Crippen LogP contribution < -0.4 is 14.8 Å². The standard InChI is InChI=1S/C35H47BrFN3O7/c1-8-10-12-45-29-23-19(26(37)20(25(29)36)16-38-17-34(3,4)5)14-18-15-21-27(40(6)7)30-24(33(39-47-30)46-13-11-9-2)32(43)35(21,44)31(42)22(18)28(23)41/h18,21,27,38,41,44H,8-17H2,1-7H3/t18-,21-,27-,35-/m0/s1. The zero-order valence-electron chi connectivity index (χ0n) is 28.4. The van der Waals surface area contributed by atoms with Crippen molar-refractivity contribution in [3.05, 3.63) is 43.9 Å². The molecule has 258 valence electrons. The van der Waals surface area contributed by atoms with Crippen LogP contribution in [0.15, 0.2) is 14.6 Å². The molecule has 5 rings (SSSR count). The van der Waals surface area contributed by atoms with E-state index in [1.54, 1.807) is 19.0 Å². The summed E-state index contributed by atoms with van der Waals surface area (Å²) >= 11 is 3.56. The van der Waals surface area contributed by atoms with E-state index in [0.29, 0.717) is 29.6 Å². The summed E-state index contributed by atoms with van der Waals surface area (Å²) < 4.78 is 34.5. The second kappa shape index (κ2) is 13.6. The number of rotatable bonds is 12. The predicted molar refractivity (Wildman–Crippen MR) is 178 cm³/mol. The number of ether oxygens (including phenoxy) is 2. The number of unbranched alkanes of at least 4 members (excludes halogenated alkanes) is 2. The molecule has 47 heavy (non-hydrogen) atoms. The number of nitrogens with zero attached hydrogens (tertiary/aromatic N) is 2. The molecule has 0 unspecified atom stereocenters. The minimum atomic E-state index is -2.52. The highest BCUT2D eigenvalue weighted by Gasteiger charge is 2.65. The quantitative estimate of drug-likeness (QED) is 0.169. The summed E-state index contributed by atoms with van der Waals surface area (Å²) in [6.45, 7) is 11.7. The lowest BCUT2D eigenvalue weighted by atomic mass is 9.57. The summed E-state index contributed by atoms with van der Waals surface area (Å²) in [4.78, 5) is 30.5. The first kappa shape index (κ1) is 35.5. The van der Waals surface area contributed by atoms with E-state index < -0.39 is 46.6 Å². The average molecular weight is 721 g/mol. The van der Waals surface area contributed by atoms with Crippen LogP contribution in [0.2, 0.25) is 0 Å². The van der Waals surface area contributed by atoms with Gasteiger partial charge in [0.1, 0.15) is 22.9 Å². The zero-order valence-corrected chi connectivity index (χ0v) is 30.0. The summed E-state index contributed by atoms with van der Waals surface area (Å²) in [5.41, 5.74) is -2.02. The number of hydrogen-bond acceptors (Lipinski definition) is 10. The monoisotopic (exact) mass is 719 g/mol. The Morgan fingerprint density at radius 3 is 2.38 bits per heavy atom. The molecule has 0 bridgehead atoms. The van der Waals surface area contributed by atoms with Gasteiger partial charge in [-0.1, -0.05) is 47.5 Å². The number of aromatic nitrogens is 1. The molecule has 4 atom stereocenters. The third-order valence-corrected chi connectivity index (χ3v) is 10.3. The lowest BCUT2D eigenvalue weighted by molar-refractivity contribution is -0.142. The van der Waals surface area contributed by atoms with Crippen molar-refractivity contribution in [2.45, 2.75) is 91.3 Å². The Morgan fingerprint density at radius 1 is 1.11 bits per heavy atom. The van der Waals surface area contributed by atoms with Crippen molar-refractivity contribution in [3.63, 3.8) is 0 Å². The number of carbonyl (C=O) groups excluding carboxylic acids is 2. The first-order valence-electron chi connectivity index (χ1n) is 16.6. The lowest BCUT2D eigenvalue weighted by Crippen LogP contribution is -2.63. The lowest BCUT2D eigenvalue weighted by Gasteiger charge is -2.49. The van der Waals surface area contributed by atoms with Gasteiger partial charge in [0.05, 0.1) is 29.3 Å². The summed E-state index contributed by atoms with van der Waals surface area (Å²) in [5, 5.41) is 31.5. The molecule has 1 heterocycles. The minimum absolute atomic E-state index is 0.0288. The Bertz CT molecular complexity index is 1580. The first-order chi connectivity index (χ1) is 22.2. The van der Waals surface area contributed by atoms with Crippen molar-refractivity contribution >= 4 is 33.3 Å². The summed E-state index contributed by atoms with van der Waals surface area (Å²) in [6, 6.07) is -0.711. The maximum absolute atomic E-state index is 16.5. The number of aliphatic hydroxyl groups excluding tert-OH is 1. The molecule has 2 aromatic rings. The third-order valence-electron chi connectivity index (χ3n) is 9.44. The van der Waals surface area contributed by atoms with Crippen LogP contribution in [0.1, 0.15) is 106 Å². The van der Waals surface area contributed by atoms with Crippen LogP contribution in [0, 0.1) is 23.1 Å². The Hall–Kier alpha value is -2.80. The molecular formula is C35H47BrFN3O7. The molecule has 3 N–H and O–H groups in total. The highest BCUT2D eigenvalue weighted by Crippen LogP contribution is 2.57. The number of hydrogen-bond donors (Lipinski definition) is 3. The van der Waals surface area contributed by atoms with Crippen LogP contribution >= 0.6 is 15.9 Å². The number of ketones is 2. The molecule has 1 fully saturated rings. The van der Waals surface area contributed by atoms with Crippen LogP contribution in [0.3, 0.4) is 0 Å². The van der Waals surface area contributed by atoms with Gasteiger partial charge in [-0.05, 0) is 72.2 Å². The molecule has 1 saturated carbocycles. The second-order valence-electron chi connectivity index (χ2n) is 14.4. The highest BCUT2D eigenvalue weighted by molar-refractivity contribution is 9.10. The number of aliphatic hydroxyl groups is 2. The highest BCUT2D eigenvalue weighted by atomic mass is 79.9. The molecule has 1 aromatic heterocycles. The van der Waals surface area contributed by atoms with Gasteiger partial charge in [0.2, 0.25) is 11.6 Å². The number of benzene rings is 1. The topological polar surface area (TPSA) is 134 Å². The maximum Gasteiger partial charge on any atom is 0.265 e. The molecule has 0 amide bonds. The fourth-order valence-corrected chi connectivity index (χ4v) is 7.74. The molecule has 10 nitrogen and oxygen atoms in total. The largest absolute Gasteiger partial charge is 0.507 e. The normalized spacial score (nSPS) is 23.9. The van der Waals surface area contributed by atoms with Gasteiger partial charge >= 0.3 is 0 Å². The zero-order chi connectivity index (χ0) is 34.4. The van der Waals surface area contributed by atoms with Gasteiger partial charge in [0.25, 0.3) is 5.88 Å². The molecular weight excluding hydrogens is 673 g/mol. The van der Waals surface area contributed by atoms with E-state index >= 15 is 4.39 Å². The Balaban J connectivity index is 1.64.